The zero-order valence-electron chi connectivity index (χ0n) is 23.5. The van der Waals surface area contributed by atoms with Gasteiger partial charge in [0.15, 0.2) is 0 Å². The highest BCUT2D eigenvalue weighted by Gasteiger charge is 2.41. The number of hydrogen-bond donors (Lipinski definition) is 2. The number of sulfonamides is 1. The number of carbonyl (C=O) groups excluding carboxylic acids is 2. The summed E-state index contributed by atoms with van der Waals surface area (Å²) in [5, 5.41) is 11.6. The van der Waals surface area contributed by atoms with Crippen LogP contribution in [0.2, 0.25) is 0 Å². The smallest absolute Gasteiger partial charge is 0.481 e. The molecule has 230 valence electrons. The molecular formula is C28H34F3N3O7S. The Morgan fingerprint density at radius 1 is 1.10 bits per heavy atom. The summed E-state index contributed by atoms with van der Waals surface area (Å²) >= 11 is 0. The second-order valence-corrected chi connectivity index (χ2v) is 12.2. The van der Waals surface area contributed by atoms with Crippen LogP contribution in [0, 0.1) is 0 Å². The van der Waals surface area contributed by atoms with Crippen LogP contribution in [-0.4, -0.2) is 72.6 Å². The molecule has 14 heteroatoms. The lowest BCUT2D eigenvalue weighted by Gasteiger charge is -2.39. The first kappa shape index (κ1) is 32.9. The van der Waals surface area contributed by atoms with E-state index in [1.165, 1.54) is 11.8 Å². The number of piperazine rings is 1. The van der Waals surface area contributed by atoms with Crippen molar-refractivity contribution in [3.05, 3.63) is 59.2 Å². The van der Waals surface area contributed by atoms with Crippen LogP contribution in [0.3, 0.4) is 0 Å². The number of hydrogen-bond acceptors (Lipinski definition) is 6. The molecule has 1 aliphatic heterocycles. The lowest BCUT2D eigenvalue weighted by atomic mass is 10.0. The largest absolute Gasteiger partial charge is 0.573 e. The maximum absolute atomic E-state index is 13.8. The predicted octanol–water partition coefficient (Wildman–Crippen LogP) is 3.65. The van der Waals surface area contributed by atoms with Gasteiger partial charge in [-0.25, -0.2) is 8.42 Å². The third-order valence-electron chi connectivity index (χ3n) is 6.89. The van der Waals surface area contributed by atoms with Gasteiger partial charge in [0.2, 0.25) is 21.8 Å². The molecule has 42 heavy (non-hydrogen) atoms. The first-order valence-corrected chi connectivity index (χ1v) is 14.8. The summed E-state index contributed by atoms with van der Waals surface area (Å²) < 4.78 is 71.4. The van der Waals surface area contributed by atoms with Crippen molar-refractivity contribution in [2.24, 2.45) is 0 Å². The molecule has 0 aliphatic carbocycles. The third-order valence-corrected chi connectivity index (χ3v) is 8.80. The summed E-state index contributed by atoms with van der Waals surface area (Å²) in [6, 6.07) is 9.07. The van der Waals surface area contributed by atoms with Crippen molar-refractivity contribution in [1.82, 2.24) is 14.5 Å². The third kappa shape index (κ3) is 8.68. The van der Waals surface area contributed by atoms with E-state index >= 15 is 0 Å². The topological polar surface area (TPSA) is 133 Å². The predicted molar refractivity (Wildman–Crippen MR) is 146 cm³/mol. The molecular weight excluding hydrogens is 579 g/mol. The van der Waals surface area contributed by atoms with Crippen LogP contribution in [0.1, 0.15) is 56.2 Å². The number of ether oxygens (including phenoxy) is 1. The van der Waals surface area contributed by atoms with Gasteiger partial charge in [-0.15, -0.1) is 13.2 Å². The molecule has 10 nitrogen and oxygen atoms in total. The lowest BCUT2D eigenvalue weighted by Crippen LogP contribution is -2.61. The van der Waals surface area contributed by atoms with E-state index in [2.05, 4.69) is 10.1 Å². The number of aryl methyl sites for hydroxylation is 1. The van der Waals surface area contributed by atoms with Crippen LogP contribution in [0.4, 0.5) is 13.2 Å². The molecule has 0 saturated carbocycles. The SMILES string of the molecule is CC(=O)N1CCN(S(=O)(=O)c2ccc(OC(F)(F)F)c(CCCC(=O)O)c2)[C@@H](C(=O)NCc2ccc(C(C)C)cc2)C1. The number of alkyl halides is 3. The highest BCUT2D eigenvalue weighted by Crippen LogP contribution is 2.31. The van der Waals surface area contributed by atoms with Crippen molar-refractivity contribution < 1.29 is 45.8 Å². The van der Waals surface area contributed by atoms with Gasteiger partial charge < -0.3 is 20.1 Å². The number of benzene rings is 2. The first-order valence-electron chi connectivity index (χ1n) is 13.3. The summed E-state index contributed by atoms with van der Waals surface area (Å²) in [6.45, 7) is 5.08. The van der Waals surface area contributed by atoms with E-state index in [-0.39, 0.29) is 61.8 Å². The monoisotopic (exact) mass is 613 g/mol. The molecule has 0 radical (unpaired) electrons. The Bertz CT molecular complexity index is 1400. The summed E-state index contributed by atoms with van der Waals surface area (Å²) in [6.07, 6.45) is -5.66. The fraction of sp³-hybridized carbons (Fsp3) is 0.464. The Hall–Kier alpha value is -3.65. The second kappa shape index (κ2) is 13.6. The minimum absolute atomic E-state index is 0.00967. The molecule has 2 aromatic rings. The van der Waals surface area contributed by atoms with Crippen molar-refractivity contribution in [2.75, 3.05) is 19.6 Å². The van der Waals surface area contributed by atoms with E-state index in [0.717, 1.165) is 33.6 Å². The Balaban J connectivity index is 1.89. The number of carbonyl (C=O) groups is 3. The maximum Gasteiger partial charge on any atom is 0.573 e. The highest BCUT2D eigenvalue weighted by molar-refractivity contribution is 7.89. The van der Waals surface area contributed by atoms with Gasteiger partial charge in [0.25, 0.3) is 0 Å². The van der Waals surface area contributed by atoms with E-state index in [0.29, 0.717) is 5.92 Å². The molecule has 1 aliphatic rings. The van der Waals surface area contributed by atoms with Crippen LogP contribution in [-0.2, 0) is 37.4 Å². The number of nitrogens with one attached hydrogen (secondary N) is 1. The summed E-state index contributed by atoms with van der Waals surface area (Å²) in [7, 11) is -4.45. The normalized spacial score (nSPS) is 16.4. The number of amides is 2. The van der Waals surface area contributed by atoms with Gasteiger partial charge in [0.05, 0.1) is 4.90 Å². The number of halogens is 3. The number of carboxylic acid groups (broad SMARTS) is 1. The van der Waals surface area contributed by atoms with Crippen molar-refractivity contribution in [1.29, 1.82) is 0 Å². The van der Waals surface area contributed by atoms with Gasteiger partial charge in [0.1, 0.15) is 11.8 Å². The van der Waals surface area contributed by atoms with Gasteiger partial charge in [-0.1, -0.05) is 38.1 Å². The fourth-order valence-electron chi connectivity index (χ4n) is 4.58. The maximum atomic E-state index is 13.8. The molecule has 0 aromatic heterocycles. The van der Waals surface area contributed by atoms with Gasteiger partial charge in [-0.2, -0.15) is 4.31 Å². The van der Waals surface area contributed by atoms with E-state index in [1.807, 2.05) is 38.1 Å². The quantitative estimate of drug-likeness (QED) is 0.395. The average molecular weight is 614 g/mol. The molecule has 2 N–H and O–H groups in total. The Kier molecular flexibility index (Phi) is 10.6. The fourth-order valence-corrected chi connectivity index (χ4v) is 6.20. The van der Waals surface area contributed by atoms with Crippen LogP contribution < -0.4 is 10.1 Å². The van der Waals surface area contributed by atoms with E-state index < -0.39 is 40.1 Å². The summed E-state index contributed by atoms with van der Waals surface area (Å²) in [5.41, 5.74) is 1.75. The number of aliphatic carboxylic acids is 1. The highest BCUT2D eigenvalue weighted by atomic mass is 32.2. The van der Waals surface area contributed by atoms with E-state index in [4.69, 9.17) is 5.11 Å². The Labute approximate surface area is 242 Å². The van der Waals surface area contributed by atoms with Crippen molar-refractivity contribution in [3.8, 4) is 5.75 Å². The van der Waals surface area contributed by atoms with Gasteiger partial charge in [-0.3, -0.25) is 14.4 Å². The minimum atomic E-state index is -5.05. The summed E-state index contributed by atoms with van der Waals surface area (Å²) in [5.74, 6) is -2.48. The van der Waals surface area contributed by atoms with Crippen LogP contribution in [0.25, 0.3) is 0 Å². The number of nitrogens with zero attached hydrogens (tertiary/aromatic N) is 2. The molecule has 1 heterocycles. The van der Waals surface area contributed by atoms with Crippen molar-refractivity contribution in [2.45, 2.75) is 69.8 Å². The average Bonchev–Trinajstić information content (AvgIpc) is 2.91. The van der Waals surface area contributed by atoms with Crippen molar-refractivity contribution >= 4 is 27.8 Å². The minimum Gasteiger partial charge on any atom is -0.481 e. The van der Waals surface area contributed by atoms with E-state index in [9.17, 15) is 36.0 Å². The number of carboxylic acids is 1. The molecule has 0 bridgehead atoms. The molecule has 1 fully saturated rings. The number of rotatable bonds is 11. The molecule has 1 saturated heterocycles. The van der Waals surface area contributed by atoms with Crippen LogP contribution in [0.15, 0.2) is 47.4 Å². The molecule has 0 unspecified atom stereocenters. The van der Waals surface area contributed by atoms with Gasteiger partial charge in [0, 0.05) is 39.5 Å². The van der Waals surface area contributed by atoms with Crippen molar-refractivity contribution in [3.63, 3.8) is 0 Å². The second-order valence-electron chi connectivity index (χ2n) is 10.3. The van der Waals surface area contributed by atoms with E-state index in [1.54, 1.807) is 0 Å². The zero-order valence-corrected chi connectivity index (χ0v) is 24.3. The Morgan fingerprint density at radius 3 is 2.33 bits per heavy atom. The standard InChI is InChI=1S/C28H34F3N3O7S/c1-18(2)21-9-7-20(8-10-21)16-32-27(38)24-17-33(19(3)35)13-14-34(24)42(39,40)23-11-12-25(41-28(29,30)31)22(15-23)5-4-6-26(36)37/h7-12,15,18,24H,4-6,13-14,16-17H2,1-3H3,(H,32,38)(H,36,37)/t24-/m1/s1. The lowest BCUT2D eigenvalue weighted by molar-refractivity contribution is -0.274. The van der Waals surface area contributed by atoms with Gasteiger partial charge in [-0.05, 0) is 53.6 Å². The summed E-state index contributed by atoms with van der Waals surface area (Å²) in [4.78, 5) is 37.3. The first-order chi connectivity index (χ1) is 19.6. The molecule has 2 aromatic carbocycles. The molecule has 2 amide bonds. The molecule has 1 atom stereocenters. The molecule has 3 rings (SSSR count). The Morgan fingerprint density at radius 2 is 1.76 bits per heavy atom. The van der Waals surface area contributed by atoms with Gasteiger partial charge >= 0.3 is 12.3 Å². The molecule has 0 spiro atoms. The van der Waals surface area contributed by atoms with Crippen LogP contribution in [0.5, 0.6) is 5.75 Å². The van der Waals surface area contributed by atoms with Crippen LogP contribution >= 0.6 is 0 Å². The zero-order chi connectivity index (χ0) is 31.2.